The third kappa shape index (κ3) is 6.84. The molecule has 1 amide bonds. The number of rotatable bonds is 11. The molecule has 0 fully saturated rings. The van der Waals surface area contributed by atoms with Gasteiger partial charge in [-0.15, -0.1) is 0 Å². The summed E-state index contributed by atoms with van der Waals surface area (Å²) in [6, 6.07) is 7.23. The maximum Gasteiger partial charge on any atom is 0.326 e. The van der Waals surface area contributed by atoms with E-state index in [1.165, 1.54) is 4.90 Å². The van der Waals surface area contributed by atoms with E-state index >= 15 is 0 Å². The zero-order valence-electron chi connectivity index (χ0n) is 16.0. The number of methoxy groups -OCH3 is 1. The van der Waals surface area contributed by atoms with Crippen LogP contribution in [0.2, 0.25) is 0 Å². The lowest BCUT2D eigenvalue weighted by molar-refractivity contribution is -0.151. The molecule has 1 rings (SSSR count). The van der Waals surface area contributed by atoms with E-state index in [0.717, 1.165) is 16.0 Å². The number of ether oxygens (including phenoxy) is 1. The Morgan fingerprint density at radius 1 is 1.19 bits per heavy atom. The predicted octanol–water partition coefficient (Wildman–Crippen LogP) is 3.48. The number of nitrogens with zero attached hydrogens (tertiary/aromatic N) is 1. The van der Waals surface area contributed by atoms with Crippen molar-refractivity contribution < 1.29 is 19.4 Å². The Kier molecular flexibility index (Phi) is 9.44. The van der Waals surface area contributed by atoms with Gasteiger partial charge >= 0.3 is 5.97 Å². The molecule has 0 radical (unpaired) electrons. The smallest absolute Gasteiger partial charge is 0.326 e. The van der Waals surface area contributed by atoms with E-state index in [2.05, 4.69) is 0 Å². The lowest BCUT2D eigenvalue weighted by atomic mass is 10.00. The molecular weight excluding hydrogens is 350 g/mol. The van der Waals surface area contributed by atoms with E-state index in [9.17, 15) is 14.7 Å². The molecule has 144 valence electrons. The summed E-state index contributed by atoms with van der Waals surface area (Å²) in [5.41, 5.74) is 2.27. The molecule has 0 aliphatic rings. The molecule has 26 heavy (non-hydrogen) atoms. The van der Waals surface area contributed by atoms with Gasteiger partial charge in [0.2, 0.25) is 5.91 Å². The molecule has 0 aliphatic carbocycles. The molecule has 0 aromatic heterocycles. The van der Waals surface area contributed by atoms with E-state index in [1.807, 2.05) is 24.3 Å². The quantitative estimate of drug-likeness (QED) is 0.596. The van der Waals surface area contributed by atoms with Crippen LogP contribution < -0.4 is 0 Å². The molecule has 0 spiro atoms. The highest BCUT2D eigenvalue weighted by molar-refractivity contribution is 7.80. The van der Waals surface area contributed by atoms with Gasteiger partial charge in [0.05, 0.1) is 6.61 Å². The van der Waals surface area contributed by atoms with Crippen LogP contribution in [0.5, 0.6) is 0 Å². The average molecular weight is 380 g/mol. The lowest BCUT2D eigenvalue weighted by Crippen LogP contribution is -2.45. The standard InChI is InChI=1S/C20H29NO4S/c1-14(2)19(20(23)24)21(3)18(22)11-7-10-17(26)12-15-8-5-6-9-16(15)13-25-4/h5-6,8-9,14,19H,7,10-13H2,1-4H3,(H,23,24)/t19-/m0/s1. The highest BCUT2D eigenvalue weighted by atomic mass is 32.1. The van der Waals surface area contributed by atoms with Crippen LogP contribution in [0.15, 0.2) is 24.3 Å². The number of carboxylic acids is 1. The summed E-state index contributed by atoms with van der Waals surface area (Å²) < 4.78 is 5.21. The van der Waals surface area contributed by atoms with Gasteiger partial charge in [-0.3, -0.25) is 4.79 Å². The fourth-order valence-electron chi connectivity index (χ4n) is 2.99. The van der Waals surface area contributed by atoms with Crippen molar-refractivity contribution in [2.75, 3.05) is 14.2 Å². The Morgan fingerprint density at radius 3 is 2.35 bits per heavy atom. The van der Waals surface area contributed by atoms with Crippen LogP contribution in [0.1, 0.15) is 44.2 Å². The summed E-state index contributed by atoms with van der Waals surface area (Å²) in [6.07, 6.45) is 2.27. The number of hydrogen-bond acceptors (Lipinski definition) is 4. The first-order chi connectivity index (χ1) is 12.3. The number of benzene rings is 1. The molecule has 0 heterocycles. The zero-order valence-corrected chi connectivity index (χ0v) is 16.8. The molecule has 1 N–H and O–H groups in total. The second-order valence-corrected chi connectivity index (χ2v) is 7.38. The molecule has 0 saturated heterocycles. The molecule has 6 heteroatoms. The van der Waals surface area contributed by atoms with Gasteiger partial charge in [0.15, 0.2) is 0 Å². The average Bonchev–Trinajstić information content (AvgIpc) is 2.56. The molecule has 0 aliphatic heterocycles. The highest BCUT2D eigenvalue weighted by Gasteiger charge is 2.28. The molecule has 1 aromatic carbocycles. The first-order valence-corrected chi connectivity index (χ1v) is 9.24. The summed E-state index contributed by atoms with van der Waals surface area (Å²) >= 11 is 5.47. The van der Waals surface area contributed by atoms with Crippen molar-refractivity contribution in [2.45, 2.75) is 52.2 Å². The van der Waals surface area contributed by atoms with Crippen LogP contribution in [-0.2, 0) is 27.4 Å². The van der Waals surface area contributed by atoms with E-state index in [0.29, 0.717) is 32.3 Å². The van der Waals surface area contributed by atoms with Crippen molar-refractivity contribution in [3.05, 3.63) is 35.4 Å². The van der Waals surface area contributed by atoms with Gasteiger partial charge in [-0.05, 0) is 34.8 Å². The first kappa shape index (κ1) is 22.3. The number of carboxylic acid groups (broad SMARTS) is 1. The van der Waals surface area contributed by atoms with Gasteiger partial charge in [0, 0.05) is 27.0 Å². The number of aliphatic carboxylic acids is 1. The Hall–Kier alpha value is -1.79. The molecule has 0 unspecified atom stereocenters. The lowest BCUT2D eigenvalue weighted by Gasteiger charge is -2.27. The minimum atomic E-state index is -0.971. The minimum absolute atomic E-state index is 0.139. The van der Waals surface area contributed by atoms with Gasteiger partial charge in [0.1, 0.15) is 6.04 Å². The summed E-state index contributed by atoms with van der Waals surface area (Å²) in [7, 11) is 3.22. The van der Waals surface area contributed by atoms with Gasteiger partial charge in [-0.1, -0.05) is 50.3 Å². The van der Waals surface area contributed by atoms with Crippen molar-refractivity contribution >= 4 is 29.0 Å². The fraction of sp³-hybridized carbons (Fsp3) is 0.550. The number of carbonyl (C=O) groups excluding carboxylic acids is 1. The van der Waals surface area contributed by atoms with Crippen molar-refractivity contribution in [1.82, 2.24) is 4.90 Å². The van der Waals surface area contributed by atoms with E-state index < -0.39 is 12.0 Å². The number of carbonyl (C=O) groups is 2. The van der Waals surface area contributed by atoms with Crippen molar-refractivity contribution in [1.29, 1.82) is 0 Å². The highest BCUT2D eigenvalue weighted by Crippen LogP contribution is 2.15. The van der Waals surface area contributed by atoms with Crippen LogP contribution in [0.25, 0.3) is 0 Å². The Morgan fingerprint density at radius 2 is 1.81 bits per heavy atom. The second kappa shape index (κ2) is 11.0. The van der Waals surface area contributed by atoms with Gasteiger partial charge in [-0.25, -0.2) is 4.79 Å². The Balaban J connectivity index is 2.51. The molecule has 5 nitrogen and oxygen atoms in total. The van der Waals surface area contributed by atoms with Gasteiger partial charge in [-0.2, -0.15) is 0 Å². The number of amides is 1. The zero-order chi connectivity index (χ0) is 19.7. The fourth-order valence-corrected chi connectivity index (χ4v) is 3.29. The van der Waals surface area contributed by atoms with Crippen LogP contribution >= 0.6 is 12.2 Å². The maximum atomic E-state index is 12.3. The number of likely N-dealkylation sites (N-methyl/N-ethyl adjacent to an activating group) is 1. The van der Waals surface area contributed by atoms with Crippen molar-refractivity contribution in [3.8, 4) is 0 Å². The van der Waals surface area contributed by atoms with Crippen molar-refractivity contribution in [2.24, 2.45) is 5.92 Å². The van der Waals surface area contributed by atoms with Crippen molar-refractivity contribution in [3.63, 3.8) is 0 Å². The molecule has 0 saturated carbocycles. The van der Waals surface area contributed by atoms with Crippen LogP contribution in [0, 0.1) is 5.92 Å². The summed E-state index contributed by atoms with van der Waals surface area (Å²) in [6.45, 7) is 4.15. The third-order valence-electron chi connectivity index (χ3n) is 4.35. The number of hydrogen-bond donors (Lipinski definition) is 1. The van der Waals surface area contributed by atoms with E-state index in [4.69, 9.17) is 17.0 Å². The molecule has 0 bridgehead atoms. The van der Waals surface area contributed by atoms with E-state index in [-0.39, 0.29) is 11.8 Å². The topological polar surface area (TPSA) is 66.8 Å². The van der Waals surface area contributed by atoms with Gasteiger partial charge in [0.25, 0.3) is 0 Å². The summed E-state index contributed by atoms with van der Waals surface area (Å²) in [5.74, 6) is -1.27. The molecule has 1 atom stereocenters. The summed E-state index contributed by atoms with van der Waals surface area (Å²) in [4.78, 5) is 25.8. The molecule has 1 aromatic rings. The maximum absolute atomic E-state index is 12.3. The van der Waals surface area contributed by atoms with Crippen LogP contribution in [0.3, 0.4) is 0 Å². The third-order valence-corrected chi connectivity index (χ3v) is 4.70. The van der Waals surface area contributed by atoms with Crippen LogP contribution in [0.4, 0.5) is 0 Å². The second-order valence-electron chi connectivity index (χ2n) is 6.80. The minimum Gasteiger partial charge on any atom is -0.480 e. The Bertz CT molecular complexity index is 630. The normalized spacial score (nSPS) is 12.0. The molecular formula is C20H29NO4S. The SMILES string of the molecule is COCc1ccccc1CC(=S)CCCC(=O)N(C)[C@H](C(=O)O)C(C)C. The number of thiocarbonyl (C=S) groups is 1. The predicted molar refractivity (Wildman–Crippen MR) is 106 cm³/mol. The van der Waals surface area contributed by atoms with Crippen LogP contribution in [-0.4, -0.2) is 46.9 Å². The summed E-state index contributed by atoms with van der Waals surface area (Å²) in [5, 5.41) is 9.29. The largest absolute Gasteiger partial charge is 0.480 e. The first-order valence-electron chi connectivity index (χ1n) is 8.83. The van der Waals surface area contributed by atoms with Gasteiger partial charge < -0.3 is 14.7 Å². The monoisotopic (exact) mass is 379 g/mol. The Labute approximate surface area is 161 Å². The van der Waals surface area contributed by atoms with E-state index in [1.54, 1.807) is 28.0 Å².